The minimum atomic E-state index is -0.219. The molecule has 0 atom stereocenters. The van der Waals surface area contributed by atoms with Crippen LogP contribution in [0.15, 0.2) is 29.4 Å². The van der Waals surface area contributed by atoms with Crippen LogP contribution in [-0.4, -0.2) is 44.1 Å². The number of aromatic nitrogens is 4. The lowest BCUT2D eigenvalue weighted by molar-refractivity contribution is -0.140. The standard InChI is InChI=1S/C12H14N4O3S/c1-19-11(18)3-2-8-20-12-13-14-15-16(12)9-4-6-10(17)7-5-9/h4-7,17H,2-3,8H2,1H3. The van der Waals surface area contributed by atoms with Gasteiger partial charge in [-0.1, -0.05) is 11.8 Å². The van der Waals surface area contributed by atoms with Crippen molar-refractivity contribution in [2.24, 2.45) is 0 Å². The van der Waals surface area contributed by atoms with Crippen LogP contribution in [0.25, 0.3) is 5.69 Å². The number of carbonyl (C=O) groups excluding carboxylic acids is 1. The first-order valence-electron chi connectivity index (χ1n) is 5.98. The van der Waals surface area contributed by atoms with Crippen LogP contribution in [0.4, 0.5) is 0 Å². The van der Waals surface area contributed by atoms with Gasteiger partial charge in [-0.3, -0.25) is 4.79 Å². The number of ether oxygens (including phenoxy) is 1. The number of phenolic OH excluding ortho intramolecular Hbond substituents is 1. The van der Waals surface area contributed by atoms with Gasteiger partial charge in [-0.25, -0.2) is 0 Å². The third-order valence-electron chi connectivity index (χ3n) is 2.52. The number of aromatic hydroxyl groups is 1. The summed E-state index contributed by atoms with van der Waals surface area (Å²) in [7, 11) is 1.38. The molecule has 1 aromatic heterocycles. The zero-order valence-corrected chi connectivity index (χ0v) is 11.7. The fourth-order valence-corrected chi connectivity index (χ4v) is 2.34. The number of carbonyl (C=O) groups is 1. The van der Waals surface area contributed by atoms with Crippen molar-refractivity contribution < 1.29 is 14.6 Å². The third-order valence-corrected chi connectivity index (χ3v) is 3.52. The number of benzene rings is 1. The minimum absolute atomic E-state index is 0.189. The highest BCUT2D eigenvalue weighted by atomic mass is 32.2. The Hall–Kier alpha value is -2.09. The largest absolute Gasteiger partial charge is 0.508 e. The molecule has 20 heavy (non-hydrogen) atoms. The van der Waals surface area contributed by atoms with Crippen molar-refractivity contribution >= 4 is 17.7 Å². The van der Waals surface area contributed by atoms with Gasteiger partial charge >= 0.3 is 5.97 Å². The first-order chi connectivity index (χ1) is 9.70. The molecular formula is C12H14N4O3S. The van der Waals surface area contributed by atoms with Crippen LogP contribution in [0, 0.1) is 0 Å². The van der Waals surface area contributed by atoms with Crippen molar-refractivity contribution in [3.8, 4) is 11.4 Å². The van der Waals surface area contributed by atoms with E-state index in [-0.39, 0.29) is 11.7 Å². The number of methoxy groups -OCH3 is 1. The van der Waals surface area contributed by atoms with Crippen LogP contribution in [0.1, 0.15) is 12.8 Å². The highest BCUT2D eigenvalue weighted by molar-refractivity contribution is 7.99. The van der Waals surface area contributed by atoms with E-state index in [1.807, 2.05) is 0 Å². The smallest absolute Gasteiger partial charge is 0.305 e. The van der Waals surface area contributed by atoms with Crippen LogP contribution in [0.5, 0.6) is 5.75 Å². The van der Waals surface area contributed by atoms with Gasteiger partial charge in [0.05, 0.1) is 12.8 Å². The van der Waals surface area contributed by atoms with Gasteiger partial charge in [0.2, 0.25) is 5.16 Å². The number of rotatable bonds is 6. The van der Waals surface area contributed by atoms with Crippen molar-refractivity contribution in [2.75, 3.05) is 12.9 Å². The summed E-state index contributed by atoms with van der Waals surface area (Å²) in [6.45, 7) is 0. The molecule has 0 spiro atoms. The SMILES string of the molecule is COC(=O)CCCSc1nnnn1-c1ccc(O)cc1. The Labute approximate surface area is 119 Å². The van der Waals surface area contributed by atoms with Crippen molar-refractivity contribution in [3.05, 3.63) is 24.3 Å². The van der Waals surface area contributed by atoms with Gasteiger partial charge in [-0.05, 0) is 41.1 Å². The predicted molar refractivity (Wildman–Crippen MR) is 72.8 cm³/mol. The number of thioether (sulfide) groups is 1. The second kappa shape index (κ2) is 6.90. The fourth-order valence-electron chi connectivity index (χ4n) is 1.51. The van der Waals surface area contributed by atoms with Crippen molar-refractivity contribution in [1.82, 2.24) is 20.2 Å². The molecule has 1 aromatic carbocycles. The molecule has 0 saturated carbocycles. The maximum Gasteiger partial charge on any atom is 0.305 e. The molecule has 1 heterocycles. The second-order valence-corrected chi connectivity index (χ2v) is 4.98. The van der Waals surface area contributed by atoms with Crippen LogP contribution >= 0.6 is 11.8 Å². The third kappa shape index (κ3) is 3.70. The Kier molecular flexibility index (Phi) is 4.94. The first kappa shape index (κ1) is 14.3. The lowest BCUT2D eigenvalue weighted by atomic mass is 10.3. The molecule has 0 saturated heterocycles. The summed E-state index contributed by atoms with van der Waals surface area (Å²) < 4.78 is 6.16. The highest BCUT2D eigenvalue weighted by Crippen LogP contribution is 2.20. The average Bonchev–Trinajstić information content (AvgIpc) is 2.92. The summed E-state index contributed by atoms with van der Waals surface area (Å²) >= 11 is 1.46. The Balaban J connectivity index is 1.95. The van der Waals surface area contributed by atoms with Crippen molar-refractivity contribution in [1.29, 1.82) is 0 Å². The maximum absolute atomic E-state index is 11.0. The zero-order chi connectivity index (χ0) is 14.4. The van der Waals surface area contributed by atoms with E-state index >= 15 is 0 Å². The van der Waals surface area contributed by atoms with Gasteiger partial charge in [0.1, 0.15) is 5.75 Å². The van der Waals surface area contributed by atoms with Crippen molar-refractivity contribution in [3.63, 3.8) is 0 Å². The zero-order valence-electron chi connectivity index (χ0n) is 10.9. The van der Waals surface area contributed by atoms with Gasteiger partial charge in [-0.15, -0.1) is 5.10 Å². The van der Waals surface area contributed by atoms with Crippen molar-refractivity contribution in [2.45, 2.75) is 18.0 Å². The molecule has 1 N–H and O–H groups in total. The van der Waals surface area contributed by atoms with E-state index in [9.17, 15) is 9.90 Å². The molecule has 2 aromatic rings. The van der Waals surface area contributed by atoms with Crippen LogP contribution in [0.3, 0.4) is 0 Å². The van der Waals surface area contributed by atoms with E-state index in [1.165, 1.54) is 18.9 Å². The molecule has 0 aliphatic carbocycles. The molecule has 0 bridgehead atoms. The van der Waals surface area contributed by atoms with Crippen LogP contribution in [0.2, 0.25) is 0 Å². The summed E-state index contributed by atoms with van der Waals surface area (Å²) in [5.74, 6) is 0.686. The average molecular weight is 294 g/mol. The Morgan fingerprint density at radius 2 is 2.15 bits per heavy atom. The molecule has 0 aliphatic rings. The summed E-state index contributed by atoms with van der Waals surface area (Å²) in [5, 5.41) is 21.4. The Bertz CT molecular complexity index is 570. The predicted octanol–water partition coefficient (Wildman–Crippen LogP) is 1.41. The van der Waals surface area contributed by atoms with E-state index in [2.05, 4.69) is 20.3 Å². The summed E-state index contributed by atoms with van der Waals surface area (Å²) in [6.07, 6.45) is 1.07. The Morgan fingerprint density at radius 3 is 2.85 bits per heavy atom. The molecule has 8 heteroatoms. The number of tetrazole rings is 1. The van der Waals surface area contributed by atoms with E-state index in [4.69, 9.17) is 0 Å². The topological polar surface area (TPSA) is 90.1 Å². The van der Waals surface area contributed by atoms with Gasteiger partial charge in [0.25, 0.3) is 0 Å². The van der Waals surface area contributed by atoms with Crippen LogP contribution < -0.4 is 0 Å². The normalized spacial score (nSPS) is 10.4. The second-order valence-electron chi connectivity index (χ2n) is 3.92. The van der Waals surface area contributed by atoms with Gasteiger partial charge in [0.15, 0.2) is 0 Å². The number of nitrogens with zero attached hydrogens (tertiary/aromatic N) is 4. The lowest BCUT2D eigenvalue weighted by Crippen LogP contribution is -2.01. The van der Waals surface area contributed by atoms with E-state index in [0.717, 1.165) is 5.69 Å². The van der Waals surface area contributed by atoms with Crippen LogP contribution in [-0.2, 0) is 9.53 Å². The number of esters is 1. The molecule has 7 nitrogen and oxygen atoms in total. The van der Waals surface area contributed by atoms with Gasteiger partial charge in [-0.2, -0.15) is 4.68 Å². The maximum atomic E-state index is 11.0. The molecule has 0 unspecified atom stereocenters. The molecule has 0 radical (unpaired) electrons. The molecule has 2 rings (SSSR count). The molecular weight excluding hydrogens is 280 g/mol. The molecule has 106 valence electrons. The highest BCUT2D eigenvalue weighted by Gasteiger charge is 2.09. The fraction of sp³-hybridized carbons (Fsp3) is 0.333. The Morgan fingerprint density at radius 1 is 1.40 bits per heavy atom. The molecule has 0 amide bonds. The molecule has 0 aliphatic heterocycles. The number of hydrogen-bond acceptors (Lipinski definition) is 7. The van der Waals surface area contributed by atoms with Gasteiger partial charge < -0.3 is 9.84 Å². The quantitative estimate of drug-likeness (QED) is 0.489. The monoisotopic (exact) mass is 294 g/mol. The molecule has 0 fully saturated rings. The summed E-state index contributed by atoms with van der Waals surface area (Å²) in [5.41, 5.74) is 0.767. The first-order valence-corrected chi connectivity index (χ1v) is 6.96. The summed E-state index contributed by atoms with van der Waals surface area (Å²) in [6, 6.07) is 6.60. The minimum Gasteiger partial charge on any atom is -0.508 e. The summed E-state index contributed by atoms with van der Waals surface area (Å²) in [4.78, 5) is 11.0. The van der Waals surface area contributed by atoms with E-state index in [1.54, 1.807) is 28.9 Å². The lowest BCUT2D eigenvalue weighted by Gasteiger charge is -2.04. The van der Waals surface area contributed by atoms with E-state index < -0.39 is 0 Å². The number of phenols is 1. The number of hydrogen-bond donors (Lipinski definition) is 1. The van der Waals surface area contributed by atoms with Gasteiger partial charge in [0, 0.05) is 12.2 Å². The van der Waals surface area contributed by atoms with E-state index in [0.29, 0.717) is 23.8 Å².